The minimum Gasteiger partial charge on any atom is -0.440 e. The van der Waals surface area contributed by atoms with E-state index in [2.05, 4.69) is 15.9 Å². The smallest absolute Gasteiger partial charge is 0.289 e. The molecule has 1 aliphatic rings. The predicted octanol–water partition coefficient (Wildman–Crippen LogP) is 2.04. The van der Waals surface area contributed by atoms with E-state index in [0.29, 0.717) is 31.7 Å². The molecule has 7 nitrogen and oxygen atoms in total. The average Bonchev–Trinajstić information content (AvgIpc) is 3.12. The number of hydrogen-bond donors (Lipinski definition) is 0. The lowest BCUT2D eigenvalue weighted by Crippen LogP contribution is -2.50. The van der Waals surface area contributed by atoms with Crippen LogP contribution in [0.3, 0.4) is 0 Å². The molecular formula is C17H17BrN2O5S. The summed E-state index contributed by atoms with van der Waals surface area (Å²) in [7, 11) is -3.49. The molecule has 1 aliphatic heterocycles. The number of amides is 2. The lowest BCUT2D eigenvalue weighted by atomic mass is 10.2. The fraction of sp³-hybridized carbons (Fsp3) is 0.294. The second kappa shape index (κ2) is 7.24. The molecule has 0 saturated carbocycles. The molecule has 0 atom stereocenters. The maximum Gasteiger partial charge on any atom is 0.289 e. The molecule has 0 radical (unpaired) electrons. The monoisotopic (exact) mass is 440 g/mol. The summed E-state index contributed by atoms with van der Waals surface area (Å²) in [6.45, 7) is 1.52. The SMILES string of the molecule is CS(=O)(=O)c1ccc(C(=O)N2CCN(C(=O)c3ccc(Br)cc3)CC2)o1. The van der Waals surface area contributed by atoms with Gasteiger partial charge in [0, 0.05) is 42.5 Å². The van der Waals surface area contributed by atoms with Crippen molar-refractivity contribution < 1.29 is 22.4 Å². The van der Waals surface area contributed by atoms with Gasteiger partial charge in [0.2, 0.25) is 14.9 Å². The zero-order valence-corrected chi connectivity index (χ0v) is 16.4. The van der Waals surface area contributed by atoms with E-state index in [1.807, 2.05) is 12.1 Å². The van der Waals surface area contributed by atoms with E-state index in [0.717, 1.165) is 10.7 Å². The summed E-state index contributed by atoms with van der Waals surface area (Å²) in [5.41, 5.74) is 0.594. The molecular weight excluding hydrogens is 424 g/mol. The zero-order chi connectivity index (χ0) is 18.9. The Balaban J connectivity index is 1.63. The minimum absolute atomic E-state index is 0.0156. The van der Waals surface area contributed by atoms with Crippen molar-refractivity contribution in [2.75, 3.05) is 32.4 Å². The van der Waals surface area contributed by atoms with Gasteiger partial charge in [-0.05, 0) is 36.4 Å². The molecule has 0 bridgehead atoms. The Morgan fingerprint density at radius 3 is 1.96 bits per heavy atom. The van der Waals surface area contributed by atoms with Gasteiger partial charge in [-0.15, -0.1) is 0 Å². The normalized spacial score (nSPS) is 15.2. The van der Waals surface area contributed by atoms with Crippen LogP contribution in [0, 0.1) is 0 Å². The fourth-order valence-electron chi connectivity index (χ4n) is 2.68. The van der Waals surface area contributed by atoms with Crippen molar-refractivity contribution in [2.45, 2.75) is 5.09 Å². The molecule has 1 saturated heterocycles. The van der Waals surface area contributed by atoms with Gasteiger partial charge in [0.1, 0.15) is 0 Å². The summed E-state index contributed by atoms with van der Waals surface area (Å²) in [6.07, 6.45) is 1.02. The minimum atomic E-state index is -3.49. The second-order valence-electron chi connectivity index (χ2n) is 5.98. The highest BCUT2D eigenvalue weighted by molar-refractivity contribution is 9.10. The van der Waals surface area contributed by atoms with Crippen molar-refractivity contribution in [3.05, 3.63) is 52.2 Å². The highest BCUT2D eigenvalue weighted by Crippen LogP contribution is 2.18. The van der Waals surface area contributed by atoms with E-state index in [9.17, 15) is 18.0 Å². The van der Waals surface area contributed by atoms with E-state index < -0.39 is 9.84 Å². The quantitative estimate of drug-likeness (QED) is 0.728. The van der Waals surface area contributed by atoms with Crippen LogP contribution in [0.15, 0.2) is 50.4 Å². The van der Waals surface area contributed by atoms with Gasteiger partial charge < -0.3 is 14.2 Å². The predicted molar refractivity (Wildman–Crippen MR) is 97.8 cm³/mol. The molecule has 2 amide bonds. The topological polar surface area (TPSA) is 87.9 Å². The number of carbonyl (C=O) groups is 2. The zero-order valence-electron chi connectivity index (χ0n) is 14.0. The molecule has 9 heteroatoms. The van der Waals surface area contributed by atoms with Gasteiger partial charge in [0.25, 0.3) is 11.8 Å². The standard InChI is InChI=1S/C17H17BrN2O5S/c1-26(23,24)15-7-6-14(25-15)17(22)20-10-8-19(9-11-20)16(21)12-2-4-13(18)5-3-12/h2-7H,8-11H2,1H3. The summed E-state index contributed by atoms with van der Waals surface area (Å²) in [5, 5.41) is -0.232. The van der Waals surface area contributed by atoms with Crippen LogP contribution in [0.1, 0.15) is 20.9 Å². The number of furan rings is 1. The number of hydrogen-bond acceptors (Lipinski definition) is 5. The number of nitrogens with zero attached hydrogens (tertiary/aromatic N) is 2. The van der Waals surface area contributed by atoms with Crippen LogP contribution >= 0.6 is 15.9 Å². The Morgan fingerprint density at radius 2 is 1.46 bits per heavy atom. The van der Waals surface area contributed by atoms with Gasteiger partial charge in [0.05, 0.1) is 0 Å². The molecule has 0 aliphatic carbocycles. The third-order valence-corrected chi connectivity index (χ3v) is 5.58. The van der Waals surface area contributed by atoms with Gasteiger partial charge in [0.15, 0.2) is 5.76 Å². The van der Waals surface area contributed by atoms with Crippen LogP contribution < -0.4 is 0 Å². The third-order valence-electron chi connectivity index (χ3n) is 4.10. The maximum atomic E-state index is 12.5. The van der Waals surface area contributed by atoms with Crippen LogP contribution in [-0.2, 0) is 9.84 Å². The molecule has 1 aromatic carbocycles. The summed E-state index contributed by atoms with van der Waals surface area (Å²) in [4.78, 5) is 28.2. The Hall–Kier alpha value is -2.13. The van der Waals surface area contributed by atoms with Crippen molar-refractivity contribution >= 4 is 37.6 Å². The first kappa shape index (κ1) is 18.7. The van der Waals surface area contributed by atoms with Gasteiger partial charge in [-0.3, -0.25) is 9.59 Å². The number of rotatable bonds is 3. The van der Waals surface area contributed by atoms with Crippen molar-refractivity contribution in [2.24, 2.45) is 0 Å². The Kier molecular flexibility index (Phi) is 5.19. The largest absolute Gasteiger partial charge is 0.440 e. The second-order valence-corrected chi connectivity index (χ2v) is 8.84. The van der Waals surface area contributed by atoms with Crippen molar-refractivity contribution in [3.63, 3.8) is 0 Å². The van der Waals surface area contributed by atoms with E-state index in [1.54, 1.807) is 21.9 Å². The van der Waals surface area contributed by atoms with Gasteiger partial charge in [-0.1, -0.05) is 15.9 Å². The molecule has 0 spiro atoms. The molecule has 0 N–H and O–H groups in total. The molecule has 3 rings (SSSR count). The van der Waals surface area contributed by atoms with Crippen LogP contribution in [0.4, 0.5) is 0 Å². The van der Waals surface area contributed by atoms with E-state index in [-0.39, 0.29) is 22.7 Å². The molecule has 2 heterocycles. The van der Waals surface area contributed by atoms with Crippen molar-refractivity contribution in [1.82, 2.24) is 9.80 Å². The lowest BCUT2D eigenvalue weighted by molar-refractivity contribution is 0.0515. The van der Waals surface area contributed by atoms with Crippen LogP contribution in [0.25, 0.3) is 0 Å². The fourth-order valence-corrected chi connectivity index (χ4v) is 3.50. The van der Waals surface area contributed by atoms with Crippen LogP contribution in [0.5, 0.6) is 0 Å². The molecule has 138 valence electrons. The third kappa shape index (κ3) is 3.99. The highest BCUT2D eigenvalue weighted by atomic mass is 79.9. The first-order chi connectivity index (χ1) is 12.3. The Bertz CT molecular complexity index is 928. The molecule has 26 heavy (non-hydrogen) atoms. The average molecular weight is 441 g/mol. The number of sulfone groups is 1. The summed E-state index contributed by atoms with van der Waals surface area (Å²) in [6, 6.07) is 9.75. The summed E-state index contributed by atoms with van der Waals surface area (Å²) in [5.74, 6) is -0.476. The van der Waals surface area contributed by atoms with Crippen molar-refractivity contribution in [3.8, 4) is 0 Å². The van der Waals surface area contributed by atoms with Crippen LogP contribution in [-0.4, -0.2) is 62.5 Å². The highest BCUT2D eigenvalue weighted by Gasteiger charge is 2.27. The number of benzene rings is 1. The first-order valence-electron chi connectivity index (χ1n) is 7.90. The van der Waals surface area contributed by atoms with Gasteiger partial charge in [-0.2, -0.15) is 0 Å². The number of piperazine rings is 1. The van der Waals surface area contributed by atoms with E-state index in [4.69, 9.17) is 4.42 Å². The van der Waals surface area contributed by atoms with E-state index >= 15 is 0 Å². The Labute approximate surface area is 159 Å². The molecule has 1 aromatic heterocycles. The Morgan fingerprint density at radius 1 is 0.923 bits per heavy atom. The maximum absolute atomic E-state index is 12.5. The van der Waals surface area contributed by atoms with Gasteiger partial charge >= 0.3 is 0 Å². The summed E-state index contributed by atoms with van der Waals surface area (Å²) >= 11 is 3.33. The van der Waals surface area contributed by atoms with Crippen molar-refractivity contribution in [1.29, 1.82) is 0 Å². The van der Waals surface area contributed by atoms with Crippen LogP contribution in [0.2, 0.25) is 0 Å². The van der Waals surface area contributed by atoms with E-state index in [1.165, 1.54) is 12.1 Å². The molecule has 1 fully saturated rings. The first-order valence-corrected chi connectivity index (χ1v) is 10.6. The number of halogens is 1. The molecule has 0 unspecified atom stereocenters. The lowest BCUT2D eigenvalue weighted by Gasteiger charge is -2.34. The molecule has 2 aromatic rings. The number of carbonyl (C=O) groups excluding carboxylic acids is 2. The summed E-state index contributed by atoms with van der Waals surface area (Å²) < 4.78 is 29.0. The van der Waals surface area contributed by atoms with Gasteiger partial charge in [-0.25, -0.2) is 8.42 Å².